The highest BCUT2D eigenvalue weighted by molar-refractivity contribution is 7.78. The van der Waals surface area contributed by atoms with E-state index < -0.39 is 12.0 Å². The molecule has 0 N–H and O–H groups in total. The van der Waals surface area contributed by atoms with Crippen LogP contribution in [0.1, 0.15) is 19.3 Å². The summed E-state index contributed by atoms with van der Waals surface area (Å²) in [6, 6.07) is -0.620. The van der Waals surface area contributed by atoms with E-state index in [0.717, 1.165) is 12.8 Å². The molecule has 0 aliphatic carbocycles. The van der Waals surface area contributed by atoms with Crippen molar-refractivity contribution < 1.29 is 9.53 Å². The number of esters is 1. The number of unbranched alkanes of at least 4 members (excludes halogenated alkanes) is 1. The van der Waals surface area contributed by atoms with Gasteiger partial charge in [-0.1, -0.05) is 0 Å². The van der Waals surface area contributed by atoms with Crippen LogP contribution in [0.3, 0.4) is 0 Å². The van der Waals surface area contributed by atoms with Crippen LogP contribution in [0, 0.1) is 0 Å². The van der Waals surface area contributed by atoms with Crippen molar-refractivity contribution in [3.63, 3.8) is 0 Å². The van der Waals surface area contributed by atoms with Crippen molar-refractivity contribution in [1.29, 1.82) is 0 Å². The summed E-state index contributed by atoms with van der Waals surface area (Å²) < 4.78 is 4.99. The second-order valence-corrected chi connectivity index (χ2v) is 3.89. The van der Waals surface area contributed by atoms with Gasteiger partial charge in [-0.05, 0) is 55.9 Å². The SMILES string of the molecule is O=C(OCCN=C=S)C(CCCCN=C=S)N=C=S. The number of hydrogen-bond donors (Lipinski definition) is 0. The average molecular weight is 315 g/mol. The fourth-order valence-corrected chi connectivity index (χ4v) is 1.52. The molecule has 0 saturated carbocycles. The molecule has 0 saturated heterocycles. The molecular formula is C11H13N3O2S3. The molecule has 0 heterocycles. The minimum atomic E-state index is -0.620. The number of carbonyl (C=O) groups excluding carboxylic acids is 1. The van der Waals surface area contributed by atoms with E-state index in [1.54, 1.807) is 0 Å². The number of isothiocyanates is 3. The second-order valence-electron chi connectivity index (χ2n) is 3.35. The van der Waals surface area contributed by atoms with Crippen LogP contribution in [-0.2, 0) is 9.53 Å². The standard InChI is InChI=1S/C11H13N3O2S3/c15-11(16-6-5-13-8-18)10(14-9-19)3-1-2-4-12-7-17/h10H,1-6H2. The van der Waals surface area contributed by atoms with E-state index in [1.807, 2.05) is 0 Å². The molecule has 0 fully saturated rings. The normalized spacial score (nSPS) is 10.3. The zero-order valence-electron chi connectivity index (χ0n) is 10.2. The third-order valence-corrected chi connectivity index (χ3v) is 2.42. The van der Waals surface area contributed by atoms with Crippen LogP contribution >= 0.6 is 36.7 Å². The smallest absolute Gasteiger partial charge is 0.331 e. The molecule has 0 bridgehead atoms. The van der Waals surface area contributed by atoms with Crippen LogP contribution in [0.15, 0.2) is 15.0 Å². The molecule has 5 nitrogen and oxygen atoms in total. The monoisotopic (exact) mass is 315 g/mol. The quantitative estimate of drug-likeness (QED) is 0.268. The van der Waals surface area contributed by atoms with Crippen LogP contribution in [-0.4, -0.2) is 47.2 Å². The Morgan fingerprint density at radius 2 is 1.74 bits per heavy atom. The minimum absolute atomic E-state index is 0.154. The molecule has 8 heteroatoms. The van der Waals surface area contributed by atoms with Gasteiger partial charge in [0, 0.05) is 6.54 Å². The van der Waals surface area contributed by atoms with Crippen molar-refractivity contribution in [3.8, 4) is 0 Å². The molecule has 0 aliphatic heterocycles. The van der Waals surface area contributed by atoms with Crippen molar-refractivity contribution in [1.82, 2.24) is 0 Å². The van der Waals surface area contributed by atoms with Crippen LogP contribution in [0.4, 0.5) is 0 Å². The molecule has 0 aliphatic rings. The van der Waals surface area contributed by atoms with Gasteiger partial charge in [-0.15, -0.1) is 0 Å². The van der Waals surface area contributed by atoms with Gasteiger partial charge in [-0.3, -0.25) is 0 Å². The number of carbonyl (C=O) groups is 1. The Labute approximate surface area is 127 Å². The van der Waals surface area contributed by atoms with Gasteiger partial charge in [0.05, 0.1) is 22.0 Å². The van der Waals surface area contributed by atoms with E-state index in [4.69, 9.17) is 4.74 Å². The minimum Gasteiger partial charge on any atom is -0.462 e. The first-order valence-corrected chi connectivity index (χ1v) is 6.79. The molecule has 0 spiro atoms. The lowest BCUT2D eigenvalue weighted by Gasteiger charge is -2.09. The van der Waals surface area contributed by atoms with E-state index >= 15 is 0 Å². The fourth-order valence-electron chi connectivity index (χ4n) is 1.21. The Morgan fingerprint density at radius 1 is 1.05 bits per heavy atom. The van der Waals surface area contributed by atoms with Gasteiger partial charge in [0.25, 0.3) is 0 Å². The van der Waals surface area contributed by atoms with Crippen LogP contribution in [0.25, 0.3) is 0 Å². The largest absolute Gasteiger partial charge is 0.462 e. The van der Waals surface area contributed by atoms with E-state index in [-0.39, 0.29) is 6.61 Å². The third-order valence-electron chi connectivity index (χ3n) is 2.05. The molecule has 0 rings (SSSR count). The summed E-state index contributed by atoms with van der Waals surface area (Å²) in [5, 5.41) is 6.68. The molecule has 1 unspecified atom stereocenters. The van der Waals surface area contributed by atoms with Gasteiger partial charge in [-0.25, -0.2) is 19.8 Å². The van der Waals surface area contributed by atoms with Crippen LogP contribution in [0.2, 0.25) is 0 Å². The Bertz CT molecular complexity index is 423. The van der Waals surface area contributed by atoms with E-state index in [1.165, 1.54) is 0 Å². The van der Waals surface area contributed by atoms with Crippen molar-refractivity contribution in [2.45, 2.75) is 25.3 Å². The summed E-state index contributed by atoms with van der Waals surface area (Å²) in [7, 11) is 0. The molecular weight excluding hydrogens is 302 g/mol. The number of ether oxygens (including phenoxy) is 1. The molecule has 0 aromatic carbocycles. The van der Waals surface area contributed by atoms with Crippen LogP contribution < -0.4 is 0 Å². The fraction of sp³-hybridized carbons (Fsp3) is 0.636. The number of hydrogen-bond acceptors (Lipinski definition) is 8. The molecule has 1 atom stereocenters. The summed E-state index contributed by atoms with van der Waals surface area (Å²) in [6.07, 6.45) is 2.10. The number of aliphatic imine (C=N–C) groups is 3. The molecule has 0 amide bonds. The van der Waals surface area contributed by atoms with Crippen molar-refractivity contribution in [2.24, 2.45) is 15.0 Å². The van der Waals surface area contributed by atoms with Gasteiger partial charge in [0.2, 0.25) is 0 Å². The van der Waals surface area contributed by atoms with Crippen LogP contribution in [0.5, 0.6) is 0 Å². The number of rotatable bonds is 10. The Hall–Kier alpha value is -1.13. The second kappa shape index (κ2) is 13.3. The van der Waals surface area contributed by atoms with E-state index in [2.05, 4.69) is 67.1 Å². The number of thiocarbonyl (C=S) groups is 3. The third kappa shape index (κ3) is 10.5. The molecule has 0 aromatic heterocycles. The van der Waals surface area contributed by atoms with Crippen molar-refractivity contribution >= 4 is 58.1 Å². The van der Waals surface area contributed by atoms with Gasteiger partial charge in [0.1, 0.15) is 6.61 Å². The van der Waals surface area contributed by atoms with E-state index in [0.29, 0.717) is 19.5 Å². The Morgan fingerprint density at radius 3 is 2.37 bits per heavy atom. The maximum atomic E-state index is 11.7. The predicted octanol–water partition coefficient (Wildman–Crippen LogP) is 2.38. The Kier molecular flexibility index (Phi) is 12.5. The van der Waals surface area contributed by atoms with Gasteiger partial charge >= 0.3 is 5.97 Å². The maximum Gasteiger partial charge on any atom is 0.331 e. The number of nitrogens with zero attached hydrogens (tertiary/aromatic N) is 3. The Balaban J connectivity index is 4.07. The summed E-state index contributed by atoms with van der Waals surface area (Å²) in [5.41, 5.74) is 0. The topological polar surface area (TPSA) is 63.4 Å². The first kappa shape index (κ1) is 17.9. The highest BCUT2D eigenvalue weighted by Crippen LogP contribution is 2.07. The van der Waals surface area contributed by atoms with Crippen molar-refractivity contribution in [3.05, 3.63) is 0 Å². The summed E-state index contributed by atoms with van der Waals surface area (Å²) in [6.45, 7) is 1.05. The van der Waals surface area contributed by atoms with Crippen molar-refractivity contribution in [2.75, 3.05) is 19.7 Å². The molecule has 102 valence electrons. The molecule has 0 aromatic rings. The molecule has 19 heavy (non-hydrogen) atoms. The van der Waals surface area contributed by atoms with Gasteiger partial charge < -0.3 is 4.74 Å². The lowest BCUT2D eigenvalue weighted by molar-refractivity contribution is -0.144. The first-order valence-electron chi connectivity index (χ1n) is 5.57. The summed E-state index contributed by atoms with van der Waals surface area (Å²) >= 11 is 13.4. The maximum absolute atomic E-state index is 11.7. The zero-order chi connectivity index (χ0) is 14.3. The van der Waals surface area contributed by atoms with E-state index in [9.17, 15) is 4.79 Å². The van der Waals surface area contributed by atoms with Gasteiger partial charge in [0.15, 0.2) is 6.04 Å². The summed E-state index contributed by atoms with van der Waals surface area (Å²) in [4.78, 5) is 22.9. The average Bonchev–Trinajstić information content (AvgIpc) is 2.42. The predicted molar refractivity (Wildman–Crippen MR) is 83.4 cm³/mol. The zero-order valence-corrected chi connectivity index (χ0v) is 12.7. The lowest BCUT2D eigenvalue weighted by Crippen LogP contribution is -2.22. The highest BCUT2D eigenvalue weighted by atomic mass is 32.1. The highest BCUT2D eigenvalue weighted by Gasteiger charge is 2.18. The van der Waals surface area contributed by atoms with Gasteiger partial charge in [-0.2, -0.15) is 0 Å². The first-order chi connectivity index (χ1) is 9.26. The summed E-state index contributed by atoms with van der Waals surface area (Å²) in [5.74, 6) is -0.435. The molecule has 0 radical (unpaired) electrons. The lowest BCUT2D eigenvalue weighted by atomic mass is 10.1.